The van der Waals surface area contributed by atoms with Crippen LogP contribution in [0.4, 0.5) is 5.69 Å². The number of aryl methyl sites for hydroxylation is 1. The molecule has 0 unspecified atom stereocenters. The van der Waals surface area contributed by atoms with Crippen LogP contribution in [-0.4, -0.2) is 46.0 Å². The zero-order valence-corrected chi connectivity index (χ0v) is 19.5. The number of halogens is 1. The fourth-order valence-electron chi connectivity index (χ4n) is 3.28. The number of anilines is 1. The number of ether oxygens (including phenoxy) is 1. The van der Waals surface area contributed by atoms with Gasteiger partial charge in [0.05, 0.1) is 17.7 Å². The highest BCUT2D eigenvalue weighted by molar-refractivity contribution is 7.89. The molecule has 2 amide bonds. The van der Waals surface area contributed by atoms with Crippen molar-refractivity contribution in [3.63, 3.8) is 0 Å². The Morgan fingerprint density at radius 1 is 1.19 bits per heavy atom. The van der Waals surface area contributed by atoms with E-state index in [0.717, 1.165) is 24.0 Å². The molecular formula is C22H26ClN3O5S. The van der Waals surface area contributed by atoms with Crippen molar-refractivity contribution in [2.45, 2.75) is 37.7 Å². The van der Waals surface area contributed by atoms with Gasteiger partial charge in [-0.1, -0.05) is 23.7 Å². The first-order valence-electron chi connectivity index (χ1n) is 10.2. The van der Waals surface area contributed by atoms with E-state index in [2.05, 4.69) is 15.4 Å². The smallest absolute Gasteiger partial charge is 0.251 e. The average molecular weight is 480 g/mol. The fourth-order valence-corrected chi connectivity index (χ4v) is 4.87. The molecule has 172 valence electrons. The molecule has 8 nitrogen and oxygen atoms in total. The highest BCUT2D eigenvalue weighted by atomic mass is 35.5. The van der Waals surface area contributed by atoms with Gasteiger partial charge in [0.1, 0.15) is 4.90 Å². The Morgan fingerprint density at radius 3 is 2.69 bits per heavy atom. The van der Waals surface area contributed by atoms with Crippen LogP contribution in [0.5, 0.6) is 0 Å². The number of nitrogens with one attached hydrogen (secondary N) is 3. The van der Waals surface area contributed by atoms with Crippen molar-refractivity contribution >= 4 is 39.1 Å². The number of hydrogen-bond acceptors (Lipinski definition) is 5. The van der Waals surface area contributed by atoms with E-state index < -0.39 is 21.8 Å². The monoisotopic (exact) mass is 479 g/mol. The Hall–Kier alpha value is -2.46. The van der Waals surface area contributed by atoms with E-state index in [1.807, 2.05) is 26.0 Å². The first-order chi connectivity index (χ1) is 15.2. The summed E-state index contributed by atoms with van der Waals surface area (Å²) < 4.78 is 33.2. The van der Waals surface area contributed by atoms with Gasteiger partial charge in [-0.2, -0.15) is 0 Å². The highest BCUT2D eigenvalue weighted by Crippen LogP contribution is 2.23. The molecule has 2 aromatic rings. The third kappa shape index (κ3) is 6.07. The van der Waals surface area contributed by atoms with Gasteiger partial charge in [-0.05, 0) is 62.1 Å². The zero-order valence-electron chi connectivity index (χ0n) is 17.9. The van der Waals surface area contributed by atoms with Crippen LogP contribution >= 0.6 is 11.6 Å². The summed E-state index contributed by atoms with van der Waals surface area (Å²) in [6, 6.07) is 9.49. The molecule has 0 radical (unpaired) electrons. The number of carbonyl (C=O) groups excluding carboxylic acids is 2. The molecule has 0 aliphatic carbocycles. The maximum atomic E-state index is 12.7. The topological polar surface area (TPSA) is 114 Å². The van der Waals surface area contributed by atoms with Crippen molar-refractivity contribution in [1.29, 1.82) is 0 Å². The molecular weight excluding hydrogens is 454 g/mol. The molecule has 1 atom stereocenters. The van der Waals surface area contributed by atoms with E-state index in [1.54, 1.807) is 6.07 Å². The number of benzene rings is 2. The number of hydrogen-bond donors (Lipinski definition) is 3. The molecule has 0 aromatic heterocycles. The van der Waals surface area contributed by atoms with Crippen molar-refractivity contribution < 1.29 is 22.7 Å². The predicted octanol–water partition coefficient (Wildman–Crippen LogP) is 2.78. The van der Waals surface area contributed by atoms with Gasteiger partial charge in [0, 0.05) is 24.4 Å². The molecule has 1 saturated heterocycles. The SMILES string of the molecule is Cc1cccc(NC(=O)CNC(=O)c2ccc(Cl)c(S(=O)(=O)NC[C@@H]3CCCO3)c2)c1C. The summed E-state index contributed by atoms with van der Waals surface area (Å²) in [5, 5.41) is 5.25. The van der Waals surface area contributed by atoms with Gasteiger partial charge in [0.25, 0.3) is 5.91 Å². The minimum Gasteiger partial charge on any atom is -0.377 e. The molecule has 32 heavy (non-hydrogen) atoms. The Bertz CT molecular complexity index is 1110. The van der Waals surface area contributed by atoms with Crippen LogP contribution in [0.1, 0.15) is 34.3 Å². The lowest BCUT2D eigenvalue weighted by Gasteiger charge is -2.13. The minimum absolute atomic E-state index is 0.00550. The summed E-state index contributed by atoms with van der Waals surface area (Å²) >= 11 is 6.08. The van der Waals surface area contributed by atoms with Gasteiger partial charge in [0.2, 0.25) is 15.9 Å². The predicted molar refractivity (Wildman–Crippen MR) is 122 cm³/mol. The van der Waals surface area contributed by atoms with Gasteiger partial charge in [-0.25, -0.2) is 13.1 Å². The summed E-state index contributed by atoms with van der Waals surface area (Å²) in [6.45, 7) is 4.31. The summed E-state index contributed by atoms with van der Waals surface area (Å²) in [5.74, 6) is -0.986. The van der Waals surface area contributed by atoms with Crippen LogP contribution in [0, 0.1) is 13.8 Å². The van der Waals surface area contributed by atoms with E-state index in [-0.39, 0.29) is 34.7 Å². The molecule has 1 aliphatic heterocycles. The first-order valence-corrected chi connectivity index (χ1v) is 12.1. The lowest BCUT2D eigenvalue weighted by Crippen LogP contribution is -2.34. The van der Waals surface area contributed by atoms with E-state index >= 15 is 0 Å². The average Bonchev–Trinajstić information content (AvgIpc) is 3.28. The maximum Gasteiger partial charge on any atom is 0.251 e. The quantitative estimate of drug-likeness (QED) is 0.538. The van der Waals surface area contributed by atoms with Crippen LogP contribution in [0.25, 0.3) is 0 Å². The number of amides is 2. The third-order valence-electron chi connectivity index (χ3n) is 5.30. The van der Waals surface area contributed by atoms with Crippen molar-refractivity contribution in [2.24, 2.45) is 0 Å². The van der Waals surface area contributed by atoms with E-state index in [9.17, 15) is 18.0 Å². The van der Waals surface area contributed by atoms with Gasteiger partial charge < -0.3 is 15.4 Å². The van der Waals surface area contributed by atoms with Gasteiger partial charge in [-0.3, -0.25) is 9.59 Å². The van der Waals surface area contributed by atoms with Crippen molar-refractivity contribution in [3.05, 3.63) is 58.1 Å². The lowest BCUT2D eigenvalue weighted by atomic mass is 10.1. The van der Waals surface area contributed by atoms with Gasteiger partial charge in [0.15, 0.2) is 0 Å². The molecule has 3 rings (SSSR count). The van der Waals surface area contributed by atoms with Crippen molar-refractivity contribution in [1.82, 2.24) is 10.0 Å². The second-order valence-electron chi connectivity index (χ2n) is 7.61. The highest BCUT2D eigenvalue weighted by Gasteiger charge is 2.23. The van der Waals surface area contributed by atoms with E-state index in [4.69, 9.17) is 16.3 Å². The van der Waals surface area contributed by atoms with Crippen LogP contribution in [0.15, 0.2) is 41.3 Å². The molecule has 3 N–H and O–H groups in total. The van der Waals surface area contributed by atoms with E-state index in [1.165, 1.54) is 18.2 Å². The first kappa shape index (κ1) is 24.2. The second kappa shape index (κ2) is 10.4. The van der Waals surface area contributed by atoms with Crippen molar-refractivity contribution in [3.8, 4) is 0 Å². The van der Waals surface area contributed by atoms with Crippen LogP contribution in [0.3, 0.4) is 0 Å². The normalized spacial score (nSPS) is 16.0. The van der Waals surface area contributed by atoms with Gasteiger partial charge in [-0.15, -0.1) is 0 Å². The third-order valence-corrected chi connectivity index (χ3v) is 7.20. The molecule has 2 aromatic carbocycles. The Morgan fingerprint density at radius 2 is 1.97 bits per heavy atom. The standard InChI is InChI=1S/C22H26ClN3O5S/c1-14-5-3-7-19(15(14)2)26-21(27)13-24-22(28)16-8-9-18(23)20(11-16)32(29,30)25-12-17-6-4-10-31-17/h3,5,7-9,11,17,25H,4,6,10,12-13H2,1-2H3,(H,24,28)(H,26,27)/t17-/m0/s1. The molecule has 0 spiro atoms. The van der Waals surface area contributed by atoms with E-state index in [0.29, 0.717) is 12.3 Å². The molecule has 1 fully saturated rings. The largest absolute Gasteiger partial charge is 0.377 e. The summed E-state index contributed by atoms with van der Waals surface area (Å²) in [5.41, 5.74) is 2.72. The number of rotatable bonds is 8. The molecule has 0 bridgehead atoms. The molecule has 1 aliphatic rings. The van der Waals surface area contributed by atoms with Crippen molar-refractivity contribution in [2.75, 3.05) is 25.0 Å². The molecule has 1 heterocycles. The minimum atomic E-state index is -3.94. The maximum absolute atomic E-state index is 12.7. The van der Waals surface area contributed by atoms with Crippen LogP contribution in [0.2, 0.25) is 5.02 Å². The Labute approximate surface area is 192 Å². The fraction of sp³-hybridized carbons (Fsp3) is 0.364. The Balaban J connectivity index is 1.62. The zero-order chi connectivity index (χ0) is 23.3. The summed E-state index contributed by atoms with van der Waals surface area (Å²) in [6.07, 6.45) is 1.49. The number of sulfonamides is 1. The summed E-state index contributed by atoms with van der Waals surface area (Å²) in [4.78, 5) is 24.5. The number of carbonyl (C=O) groups is 2. The van der Waals surface area contributed by atoms with Crippen LogP contribution < -0.4 is 15.4 Å². The molecule has 10 heteroatoms. The van der Waals surface area contributed by atoms with Gasteiger partial charge >= 0.3 is 0 Å². The van der Waals surface area contributed by atoms with Crippen LogP contribution in [-0.2, 0) is 19.6 Å². The summed E-state index contributed by atoms with van der Waals surface area (Å²) in [7, 11) is -3.94. The Kier molecular flexibility index (Phi) is 7.89. The second-order valence-corrected chi connectivity index (χ2v) is 9.75. The molecule has 0 saturated carbocycles. The lowest BCUT2D eigenvalue weighted by molar-refractivity contribution is -0.115.